The van der Waals surface area contributed by atoms with Crippen LogP contribution < -0.4 is 9.47 Å². The molecule has 0 spiro atoms. The van der Waals surface area contributed by atoms with Crippen LogP contribution in [0.15, 0.2) is 17.8 Å². The minimum atomic E-state index is -0.457. The van der Waals surface area contributed by atoms with Gasteiger partial charge in [-0.25, -0.2) is 0 Å². The Bertz CT molecular complexity index is 766. The number of ketones is 1. The van der Waals surface area contributed by atoms with Crippen molar-refractivity contribution in [2.75, 3.05) is 26.8 Å². The Morgan fingerprint density at radius 2 is 2.00 bits per heavy atom. The van der Waals surface area contributed by atoms with Crippen LogP contribution in [0.2, 0.25) is 0 Å². The van der Waals surface area contributed by atoms with Gasteiger partial charge in [-0.15, -0.1) is 0 Å². The molecule has 0 amide bonds. The number of allylic oxidation sites excluding steroid dienone is 1. The first-order valence-corrected chi connectivity index (χ1v) is 10.0. The van der Waals surface area contributed by atoms with Crippen molar-refractivity contribution in [3.05, 3.63) is 33.5 Å². The Morgan fingerprint density at radius 1 is 1.25 bits per heavy atom. The zero-order chi connectivity index (χ0) is 20.1. The van der Waals surface area contributed by atoms with Crippen molar-refractivity contribution in [3.63, 3.8) is 0 Å². The average Bonchev–Trinajstić information content (AvgIpc) is 2.71. The lowest BCUT2D eigenvalue weighted by atomic mass is 9.84. The second-order valence-corrected chi connectivity index (χ2v) is 7.39. The Hall–Kier alpha value is -2.57. The number of methoxy groups -OCH3 is 1. The Kier molecular flexibility index (Phi) is 6.54. The third-order valence-electron chi connectivity index (χ3n) is 5.48. The molecule has 2 bridgehead atoms. The molecule has 3 saturated heterocycles. The SMILES string of the molecule is CCCCCCOc1c(OC)cc(/C=C2/C(=O)C3CCN2CC3)cc1[N+](=O)[O-]. The first-order valence-electron chi connectivity index (χ1n) is 10.0. The third-order valence-corrected chi connectivity index (χ3v) is 5.48. The van der Waals surface area contributed by atoms with Crippen molar-refractivity contribution in [1.29, 1.82) is 0 Å². The minimum absolute atomic E-state index is 0.0823. The number of nitro groups is 1. The Balaban J connectivity index is 1.87. The van der Waals surface area contributed by atoms with Crippen LogP contribution >= 0.6 is 0 Å². The predicted molar refractivity (Wildman–Crippen MR) is 107 cm³/mol. The molecule has 3 heterocycles. The van der Waals surface area contributed by atoms with E-state index in [1.807, 2.05) is 0 Å². The van der Waals surface area contributed by atoms with Gasteiger partial charge in [0.1, 0.15) is 0 Å². The number of carbonyl (C=O) groups excluding carboxylic acids is 1. The zero-order valence-electron chi connectivity index (χ0n) is 16.6. The third kappa shape index (κ3) is 4.29. The van der Waals surface area contributed by atoms with Gasteiger partial charge in [0.15, 0.2) is 11.5 Å². The molecule has 1 aromatic rings. The number of hydrogen-bond acceptors (Lipinski definition) is 6. The number of carbonyl (C=O) groups is 1. The van der Waals surface area contributed by atoms with E-state index in [9.17, 15) is 14.9 Å². The van der Waals surface area contributed by atoms with Crippen molar-refractivity contribution < 1.29 is 19.2 Å². The standard InChI is InChI=1S/C21H28N2O5/c1-3-4-5-6-11-28-21-18(23(25)26)13-15(14-19(21)27-2)12-17-20(24)16-7-9-22(17)10-8-16/h12-14,16H,3-11H2,1-2H3/b17-12-. The van der Waals surface area contributed by atoms with Crippen LogP contribution in [0.4, 0.5) is 5.69 Å². The zero-order valence-corrected chi connectivity index (χ0v) is 16.6. The topological polar surface area (TPSA) is 81.9 Å². The number of rotatable bonds is 9. The van der Waals surface area contributed by atoms with Gasteiger partial charge in [0.05, 0.1) is 24.3 Å². The molecule has 3 aliphatic rings. The Morgan fingerprint density at radius 3 is 2.61 bits per heavy atom. The smallest absolute Gasteiger partial charge is 0.315 e. The van der Waals surface area contributed by atoms with E-state index in [1.54, 1.807) is 12.1 Å². The molecule has 0 N–H and O–H groups in total. The molecule has 7 nitrogen and oxygen atoms in total. The minimum Gasteiger partial charge on any atom is -0.493 e. The van der Waals surface area contributed by atoms with E-state index in [0.717, 1.165) is 51.6 Å². The molecule has 1 aromatic carbocycles. The van der Waals surface area contributed by atoms with Crippen molar-refractivity contribution in [3.8, 4) is 11.5 Å². The lowest BCUT2D eigenvalue weighted by molar-refractivity contribution is -0.386. The maximum atomic E-state index is 12.6. The molecular weight excluding hydrogens is 360 g/mol. The summed E-state index contributed by atoms with van der Waals surface area (Å²) in [5, 5.41) is 11.6. The summed E-state index contributed by atoms with van der Waals surface area (Å²) in [6, 6.07) is 3.17. The highest BCUT2D eigenvalue weighted by Crippen LogP contribution is 2.40. The van der Waals surface area contributed by atoms with E-state index >= 15 is 0 Å². The molecular formula is C21H28N2O5. The van der Waals surface area contributed by atoms with E-state index in [2.05, 4.69) is 11.8 Å². The normalized spacial score (nSPS) is 18.0. The number of nitro benzene ring substituents is 1. The van der Waals surface area contributed by atoms with Gasteiger partial charge in [-0.2, -0.15) is 0 Å². The highest BCUT2D eigenvalue weighted by Gasteiger charge is 2.36. The molecule has 0 unspecified atom stereocenters. The van der Waals surface area contributed by atoms with Crippen molar-refractivity contribution >= 4 is 17.5 Å². The molecule has 0 saturated carbocycles. The monoisotopic (exact) mass is 388 g/mol. The van der Waals surface area contributed by atoms with E-state index < -0.39 is 4.92 Å². The van der Waals surface area contributed by atoms with Gasteiger partial charge < -0.3 is 14.4 Å². The van der Waals surface area contributed by atoms with Gasteiger partial charge in [0.2, 0.25) is 5.75 Å². The van der Waals surface area contributed by atoms with Crippen molar-refractivity contribution in [2.24, 2.45) is 5.92 Å². The number of benzene rings is 1. The van der Waals surface area contributed by atoms with Gasteiger partial charge in [0.25, 0.3) is 0 Å². The van der Waals surface area contributed by atoms with Gasteiger partial charge in [-0.3, -0.25) is 14.9 Å². The number of Topliss-reactive ketones (excluding diaryl/α,β-unsaturated/α-hetero) is 1. The lowest BCUT2D eigenvalue weighted by Crippen LogP contribution is -2.45. The van der Waals surface area contributed by atoms with Crippen LogP contribution in [-0.4, -0.2) is 42.4 Å². The summed E-state index contributed by atoms with van der Waals surface area (Å²) in [5.41, 5.74) is 1.09. The summed E-state index contributed by atoms with van der Waals surface area (Å²) in [7, 11) is 1.47. The van der Waals surface area contributed by atoms with Crippen LogP contribution in [0.1, 0.15) is 51.0 Å². The molecule has 0 aliphatic carbocycles. The predicted octanol–water partition coefficient (Wildman–Crippen LogP) is 4.20. The van der Waals surface area contributed by atoms with Crippen LogP contribution in [-0.2, 0) is 4.79 Å². The second-order valence-electron chi connectivity index (χ2n) is 7.39. The second kappa shape index (κ2) is 9.08. The fourth-order valence-electron chi connectivity index (χ4n) is 3.89. The molecule has 28 heavy (non-hydrogen) atoms. The molecule has 3 fully saturated rings. The fraction of sp³-hybridized carbons (Fsp3) is 0.571. The number of unbranched alkanes of at least 4 members (excludes halogenated alkanes) is 3. The summed E-state index contributed by atoms with van der Waals surface area (Å²) in [5.74, 6) is 0.692. The molecule has 4 rings (SSSR count). The van der Waals surface area contributed by atoms with Crippen LogP contribution in [0.3, 0.4) is 0 Å². The fourth-order valence-corrected chi connectivity index (χ4v) is 3.89. The number of nitrogens with zero attached hydrogens (tertiary/aromatic N) is 2. The summed E-state index contributed by atoms with van der Waals surface area (Å²) in [6.45, 7) is 4.26. The largest absolute Gasteiger partial charge is 0.493 e. The highest BCUT2D eigenvalue weighted by atomic mass is 16.6. The average molecular weight is 388 g/mol. The van der Waals surface area contributed by atoms with Crippen LogP contribution in [0.25, 0.3) is 6.08 Å². The molecule has 152 valence electrons. The number of hydrogen-bond donors (Lipinski definition) is 0. The first kappa shape index (κ1) is 20.2. The number of fused-ring (bicyclic) bond motifs is 3. The van der Waals surface area contributed by atoms with Gasteiger partial charge in [-0.1, -0.05) is 26.2 Å². The molecule has 0 aromatic heterocycles. The molecule has 7 heteroatoms. The van der Waals surface area contributed by atoms with Crippen molar-refractivity contribution in [1.82, 2.24) is 4.90 Å². The first-order chi connectivity index (χ1) is 13.5. The van der Waals surface area contributed by atoms with E-state index in [0.29, 0.717) is 23.6 Å². The van der Waals surface area contributed by atoms with Crippen LogP contribution in [0, 0.1) is 16.0 Å². The molecule has 3 aliphatic heterocycles. The lowest BCUT2D eigenvalue weighted by Gasteiger charge is -2.41. The number of ether oxygens (including phenoxy) is 2. The molecule has 0 radical (unpaired) electrons. The maximum Gasteiger partial charge on any atom is 0.315 e. The van der Waals surface area contributed by atoms with Crippen molar-refractivity contribution in [2.45, 2.75) is 45.4 Å². The number of piperidine rings is 3. The van der Waals surface area contributed by atoms with Gasteiger partial charge in [-0.05, 0) is 37.0 Å². The van der Waals surface area contributed by atoms with E-state index in [4.69, 9.17) is 9.47 Å². The quantitative estimate of drug-likeness (QED) is 0.273. The van der Waals surface area contributed by atoms with E-state index in [-0.39, 0.29) is 23.1 Å². The van der Waals surface area contributed by atoms with E-state index in [1.165, 1.54) is 13.2 Å². The summed E-state index contributed by atoms with van der Waals surface area (Å²) < 4.78 is 11.1. The van der Waals surface area contributed by atoms with Crippen LogP contribution in [0.5, 0.6) is 11.5 Å². The summed E-state index contributed by atoms with van der Waals surface area (Å²) in [6.07, 6.45) is 7.62. The van der Waals surface area contributed by atoms with Gasteiger partial charge >= 0.3 is 5.69 Å². The Labute approximate surface area is 165 Å². The summed E-state index contributed by atoms with van der Waals surface area (Å²) >= 11 is 0. The maximum absolute atomic E-state index is 12.6. The highest BCUT2D eigenvalue weighted by molar-refractivity contribution is 6.02. The molecule has 0 atom stereocenters. The summed E-state index contributed by atoms with van der Waals surface area (Å²) in [4.78, 5) is 25.8. The van der Waals surface area contributed by atoms with Gasteiger partial charge in [0, 0.05) is 25.1 Å².